The van der Waals surface area contributed by atoms with Crippen molar-refractivity contribution in [2.45, 2.75) is 0 Å². The topological polar surface area (TPSA) is 53.7 Å². The van der Waals surface area contributed by atoms with E-state index in [-0.39, 0.29) is 11.5 Å². The molecule has 4 nitrogen and oxygen atoms in total. The van der Waals surface area contributed by atoms with E-state index in [0.717, 1.165) is 11.3 Å². The van der Waals surface area contributed by atoms with Crippen LogP contribution in [0.4, 0.5) is 5.69 Å². The lowest BCUT2D eigenvalue weighted by Gasteiger charge is -2.11. The standard InChI is InChI=1S/C19H17NO3/c1-20(2)14-10-7-13(8-11-14)9-12-17-19(22)18(21)15-5-3-4-6-16(15)23-17/h3-12,22H,1-2H3. The Hall–Kier alpha value is -3.01. The molecule has 1 aromatic heterocycles. The third-order valence-electron chi connectivity index (χ3n) is 3.64. The summed E-state index contributed by atoms with van der Waals surface area (Å²) in [4.78, 5) is 14.1. The van der Waals surface area contributed by atoms with Crippen molar-refractivity contribution in [3.63, 3.8) is 0 Å². The van der Waals surface area contributed by atoms with Crippen molar-refractivity contribution in [1.29, 1.82) is 0 Å². The molecule has 1 heterocycles. The van der Waals surface area contributed by atoms with E-state index < -0.39 is 5.43 Å². The van der Waals surface area contributed by atoms with Gasteiger partial charge >= 0.3 is 0 Å². The van der Waals surface area contributed by atoms with Crippen molar-refractivity contribution < 1.29 is 9.52 Å². The number of aromatic hydroxyl groups is 1. The van der Waals surface area contributed by atoms with Gasteiger partial charge in [0.05, 0.1) is 5.39 Å². The second-order valence-electron chi connectivity index (χ2n) is 5.46. The predicted molar refractivity (Wildman–Crippen MR) is 93.8 cm³/mol. The molecule has 0 radical (unpaired) electrons. The lowest BCUT2D eigenvalue weighted by atomic mass is 10.1. The first-order chi connectivity index (χ1) is 11.1. The molecular formula is C19H17NO3. The monoisotopic (exact) mass is 307 g/mol. The highest BCUT2D eigenvalue weighted by Crippen LogP contribution is 2.22. The average Bonchev–Trinajstić information content (AvgIpc) is 2.57. The number of nitrogens with zero attached hydrogens (tertiary/aromatic N) is 1. The molecule has 1 N–H and O–H groups in total. The Morgan fingerprint density at radius 1 is 1.00 bits per heavy atom. The van der Waals surface area contributed by atoms with Crippen molar-refractivity contribution in [3.8, 4) is 5.75 Å². The smallest absolute Gasteiger partial charge is 0.235 e. The molecule has 0 aliphatic rings. The second kappa shape index (κ2) is 6.01. The second-order valence-corrected chi connectivity index (χ2v) is 5.46. The van der Waals surface area contributed by atoms with Gasteiger partial charge in [-0.05, 0) is 35.9 Å². The maximum absolute atomic E-state index is 12.1. The van der Waals surface area contributed by atoms with Gasteiger partial charge in [-0.2, -0.15) is 0 Å². The molecule has 0 aliphatic heterocycles. The number of anilines is 1. The van der Waals surface area contributed by atoms with Crippen LogP contribution in [-0.2, 0) is 0 Å². The zero-order valence-electron chi connectivity index (χ0n) is 13.0. The molecule has 3 rings (SSSR count). The minimum absolute atomic E-state index is 0.158. The third kappa shape index (κ3) is 2.97. The van der Waals surface area contributed by atoms with E-state index in [1.807, 2.05) is 43.3 Å². The molecule has 4 heteroatoms. The molecule has 23 heavy (non-hydrogen) atoms. The lowest BCUT2D eigenvalue weighted by molar-refractivity contribution is 0.438. The van der Waals surface area contributed by atoms with Gasteiger partial charge in [-0.3, -0.25) is 4.79 Å². The molecule has 0 spiro atoms. The summed E-state index contributed by atoms with van der Waals surface area (Å²) in [6.45, 7) is 0. The van der Waals surface area contributed by atoms with Gasteiger partial charge in [-0.25, -0.2) is 0 Å². The van der Waals surface area contributed by atoms with Crippen LogP contribution < -0.4 is 10.3 Å². The summed E-state index contributed by atoms with van der Waals surface area (Å²) in [6, 6.07) is 14.8. The highest BCUT2D eigenvalue weighted by molar-refractivity contribution is 5.80. The van der Waals surface area contributed by atoms with Crippen LogP contribution in [0.2, 0.25) is 0 Å². The van der Waals surface area contributed by atoms with Crippen LogP contribution in [0.15, 0.2) is 57.7 Å². The van der Waals surface area contributed by atoms with Gasteiger partial charge in [-0.15, -0.1) is 0 Å². The fourth-order valence-electron chi connectivity index (χ4n) is 2.32. The first kappa shape index (κ1) is 14.9. The zero-order chi connectivity index (χ0) is 16.4. The van der Waals surface area contributed by atoms with E-state index in [1.54, 1.807) is 36.4 Å². The van der Waals surface area contributed by atoms with Crippen LogP contribution in [0.5, 0.6) is 5.75 Å². The SMILES string of the molecule is CN(C)c1ccc(C=Cc2oc3ccccc3c(=O)c2O)cc1. The van der Waals surface area contributed by atoms with Gasteiger partial charge in [0.25, 0.3) is 0 Å². The fraction of sp³-hybridized carbons (Fsp3) is 0.105. The summed E-state index contributed by atoms with van der Waals surface area (Å²) in [7, 11) is 3.96. The Bertz CT molecular complexity index is 921. The van der Waals surface area contributed by atoms with Gasteiger partial charge in [0.1, 0.15) is 5.58 Å². The first-order valence-electron chi connectivity index (χ1n) is 7.26. The van der Waals surface area contributed by atoms with E-state index in [9.17, 15) is 9.90 Å². The molecule has 0 unspecified atom stereocenters. The molecule has 2 aromatic carbocycles. The number of para-hydroxylation sites is 1. The maximum atomic E-state index is 12.1. The highest BCUT2D eigenvalue weighted by Gasteiger charge is 2.10. The summed E-state index contributed by atoms with van der Waals surface area (Å²) in [5.74, 6) is -0.213. The van der Waals surface area contributed by atoms with Crippen LogP contribution in [0.1, 0.15) is 11.3 Å². The van der Waals surface area contributed by atoms with Gasteiger partial charge < -0.3 is 14.4 Å². The van der Waals surface area contributed by atoms with Gasteiger partial charge in [0.15, 0.2) is 5.76 Å². The van der Waals surface area contributed by atoms with Crippen molar-refractivity contribution in [2.24, 2.45) is 0 Å². The van der Waals surface area contributed by atoms with E-state index >= 15 is 0 Å². The average molecular weight is 307 g/mol. The number of rotatable bonds is 3. The molecule has 116 valence electrons. The summed E-state index contributed by atoms with van der Waals surface area (Å²) in [5, 5.41) is 10.4. The quantitative estimate of drug-likeness (QED) is 0.801. The van der Waals surface area contributed by atoms with Crippen molar-refractivity contribution in [1.82, 2.24) is 0 Å². The summed E-state index contributed by atoms with van der Waals surface area (Å²) in [5.41, 5.74) is 2.08. The third-order valence-corrected chi connectivity index (χ3v) is 3.64. The van der Waals surface area contributed by atoms with Crippen LogP contribution in [0.3, 0.4) is 0 Å². The zero-order valence-corrected chi connectivity index (χ0v) is 13.0. The Morgan fingerprint density at radius 2 is 1.70 bits per heavy atom. The normalized spacial score (nSPS) is 11.2. The van der Waals surface area contributed by atoms with Crippen molar-refractivity contribution >= 4 is 28.8 Å². The van der Waals surface area contributed by atoms with Crippen molar-refractivity contribution in [3.05, 3.63) is 70.1 Å². The fourth-order valence-corrected chi connectivity index (χ4v) is 2.32. The highest BCUT2D eigenvalue weighted by atomic mass is 16.4. The van der Waals surface area contributed by atoms with E-state index in [2.05, 4.69) is 0 Å². The molecule has 0 atom stereocenters. The molecular weight excluding hydrogens is 290 g/mol. The van der Waals surface area contributed by atoms with Crippen LogP contribution >= 0.6 is 0 Å². The minimum atomic E-state index is -0.422. The predicted octanol–water partition coefficient (Wildman–Crippen LogP) is 3.74. The van der Waals surface area contributed by atoms with Crippen LogP contribution in [0.25, 0.3) is 23.1 Å². The molecule has 0 bridgehead atoms. The Morgan fingerprint density at radius 3 is 2.39 bits per heavy atom. The van der Waals surface area contributed by atoms with Crippen LogP contribution in [-0.4, -0.2) is 19.2 Å². The molecule has 0 saturated carbocycles. The van der Waals surface area contributed by atoms with E-state index in [1.165, 1.54) is 0 Å². The van der Waals surface area contributed by atoms with E-state index in [4.69, 9.17) is 4.42 Å². The Labute approximate surface area is 133 Å². The molecule has 0 fully saturated rings. The Kier molecular flexibility index (Phi) is 3.89. The molecule has 0 saturated heterocycles. The largest absolute Gasteiger partial charge is 0.502 e. The van der Waals surface area contributed by atoms with Gasteiger partial charge in [0.2, 0.25) is 11.2 Å². The molecule has 3 aromatic rings. The first-order valence-corrected chi connectivity index (χ1v) is 7.26. The summed E-state index contributed by atoms with van der Waals surface area (Å²) in [6.07, 6.45) is 3.40. The number of hydrogen-bond donors (Lipinski definition) is 1. The van der Waals surface area contributed by atoms with Gasteiger partial charge in [-0.1, -0.05) is 30.3 Å². The van der Waals surface area contributed by atoms with Crippen LogP contribution in [0, 0.1) is 0 Å². The van der Waals surface area contributed by atoms with Crippen molar-refractivity contribution in [2.75, 3.05) is 19.0 Å². The van der Waals surface area contributed by atoms with E-state index in [0.29, 0.717) is 11.0 Å². The molecule has 0 amide bonds. The minimum Gasteiger partial charge on any atom is -0.502 e. The number of hydrogen-bond acceptors (Lipinski definition) is 4. The summed E-state index contributed by atoms with van der Waals surface area (Å²) < 4.78 is 5.61. The van der Waals surface area contributed by atoms with Gasteiger partial charge in [0, 0.05) is 19.8 Å². The summed E-state index contributed by atoms with van der Waals surface area (Å²) >= 11 is 0. The number of fused-ring (bicyclic) bond motifs is 1. The molecule has 0 aliphatic carbocycles. The number of benzene rings is 2. The Balaban J connectivity index is 1.97. The maximum Gasteiger partial charge on any atom is 0.235 e. The lowest BCUT2D eigenvalue weighted by Crippen LogP contribution is -2.07.